The van der Waals surface area contributed by atoms with Crippen molar-refractivity contribution in [2.24, 2.45) is 0 Å². The van der Waals surface area contributed by atoms with Gasteiger partial charge in [0.15, 0.2) is 0 Å². The van der Waals surface area contributed by atoms with Crippen molar-refractivity contribution < 1.29 is 5.21 Å². The molecule has 0 amide bonds. The lowest BCUT2D eigenvalue weighted by Gasteiger charge is -1.94. The Morgan fingerprint density at radius 3 is 2.00 bits per heavy atom. The Morgan fingerprint density at radius 1 is 1.15 bits per heavy atom. The highest BCUT2D eigenvalue weighted by Crippen LogP contribution is 1.95. The van der Waals surface area contributed by atoms with Crippen molar-refractivity contribution in [3.63, 3.8) is 0 Å². The molecule has 0 atom stereocenters. The summed E-state index contributed by atoms with van der Waals surface area (Å²) in [7, 11) is 0. The Balaban J connectivity index is 0. The molecule has 0 radical (unpaired) electrons. The van der Waals surface area contributed by atoms with Gasteiger partial charge in [0.1, 0.15) is 0 Å². The van der Waals surface area contributed by atoms with Crippen LogP contribution in [0, 0.1) is 0 Å². The predicted molar refractivity (Wildman–Crippen MR) is 58.3 cm³/mol. The van der Waals surface area contributed by atoms with Crippen LogP contribution in [0.4, 0.5) is 0 Å². The van der Waals surface area contributed by atoms with Crippen LogP contribution in [0.3, 0.4) is 0 Å². The first kappa shape index (κ1) is 14.9. The van der Waals surface area contributed by atoms with Gasteiger partial charge < -0.3 is 5.21 Å². The minimum atomic E-state index is 0. The van der Waals surface area contributed by atoms with Crippen LogP contribution in [-0.4, -0.2) is 5.21 Å². The summed E-state index contributed by atoms with van der Waals surface area (Å²) in [5, 5.41) is 8.27. The molecule has 0 saturated heterocycles. The van der Waals surface area contributed by atoms with Gasteiger partial charge >= 0.3 is 0 Å². The molecular weight excluding hydrogens is 186 g/mol. The maximum absolute atomic E-state index is 8.27. The summed E-state index contributed by atoms with van der Waals surface area (Å²) in [6, 6.07) is 9.71. The van der Waals surface area contributed by atoms with Crippen LogP contribution in [0.5, 0.6) is 0 Å². The fraction of sp³-hybridized carbons (Fsp3) is 0.400. The molecule has 0 fully saturated rings. The Bertz CT molecular complexity index is 180. The number of hydrogen-bond donors (Lipinski definition) is 2. The minimum absolute atomic E-state index is 0. The van der Waals surface area contributed by atoms with E-state index in [0.717, 1.165) is 5.56 Å². The van der Waals surface area contributed by atoms with Gasteiger partial charge in [-0.25, -0.2) is 5.48 Å². The van der Waals surface area contributed by atoms with E-state index in [4.69, 9.17) is 5.21 Å². The van der Waals surface area contributed by atoms with Gasteiger partial charge in [-0.3, -0.25) is 0 Å². The van der Waals surface area contributed by atoms with Gasteiger partial charge in [0.05, 0.1) is 0 Å². The maximum atomic E-state index is 8.27. The molecule has 0 aliphatic heterocycles. The molecule has 0 saturated carbocycles. The number of hydroxylamine groups is 1. The average molecular weight is 204 g/mol. The minimum Gasteiger partial charge on any atom is -0.316 e. The Kier molecular flexibility index (Phi) is 13.1. The second-order valence-corrected chi connectivity index (χ2v) is 2.53. The number of halogens is 1. The zero-order chi connectivity index (χ0) is 9.23. The lowest BCUT2D eigenvalue weighted by molar-refractivity contribution is 0.161. The van der Waals surface area contributed by atoms with Gasteiger partial charge in [-0.05, 0) is 5.56 Å². The van der Waals surface area contributed by atoms with Gasteiger partial charge in [-0.15, -0.1) is 12.4 Å². The van der Waals surface area contributed by atoms with Crippen molar-refractivity contribution in [2.75, 3.05) is 0 Å². The number of nitrogens with one attached hydrogen (secondary N) is 1. The smallest absolute Gasteiger partial charge is 0.0458 e. The molecule has 76 valence electrons. The molecule has 1 aromatic rings. The number of hydrogen-bond acceptors (Lipinski definition) is 2. The number of benzene rings is 1. The topological polar surface area (TPSA) is 32.3 Å². The fourth-order valence-corrected chi connectivity index (χ4v) is 0.687. The van der Waals surface area contributed by atoms with Gasteiger partial charge in [0.2, 0.25) is 0 Å². The Morgan fingerprint density at radius 2 is 1.62 bits per heavy atom. The van der Waals surface area contributed by atoms with E-state index >= 15 is 0 Å². The average Bonchev–Trinajstić information content (AvgIpc) is 2.08. The van der Waals surface area contributed by atoms with Crippen molar-refractivity contribution >= 4 is 12.4 Å². The molecule has 0 aliphatic rings. The summed E-state index contributed by atoms with van der Waals surface area (Å²) in [4.78, 5) is 0. The maximum Gasteiger partial charge on any atom is 0.0458 e. The van der Waals surface area contributed by atoms with Crippen molar-refractivity contribution in [3.05, 3.63) is 35.9 Å². The van der Waals surface area contributed by atoms with Gasteiger partial charge in [0, 0.05) is 6.54 Å². The Hall–Kier alpha value is -0.570. The van der Waals surface area contributed by atoms with Crippen LogP contribution in [-0.2, 0) is 6.54 Å². The SMILES string of the molecule is CCC.Cl.ONCc1ccccc1. The van der Waals surface area contributed by atoms with Crippen LogP contribution in [0.1, 0.15) is 25.8 Å². The molecule has 0 spiro atoms. The summed E-state index contributed by atoms with van der Waals surface area (Å²) in [6.07, 6.45) is 1.25. The third-order valence-electron chi connectivity index (χ3n) is 1.13. The molecule has 2 N–H and O–H groups in total. The van der Waals surface area contributed by atoms with E-state index in [1.54, 1.807) is 0 Å². The van der Waals surface area contributed by atoms with Crippen molar-refractivity contribution in [2.45, 2.75) is 26.8 Å². The lowest BCUT2D eigenvalue weighted by Crippen LogP contribution is -2.05. The second kappa shape index (κ2) is 11.4. The van der Waals surface area contributed by atoms with Crippen LogP contribution >= 0.6 is 12.4 Å². The van der Waals surface area contributed by atoms with E-state index < -0.39 is 0 Å². The lowest BCUT2D eigenvalue weighted by atomic mass is 10.2. The molecule has 0 heterocycles. The molecule has 0 unspecified atom stereocenters. The van der Waals surface area contributed by atoms with Crippen molar-refractivity contribution in [1.82, 2.24) is 5.48 Å². The van der Waals surface area contributed by atoms with Crippen LogP contribution in [0.2, 0.25) is 0 Å². The van der Waals surface area contributed by atoms with Gasteiger partial charge in [-0.2, -0.15) is 0 Å². The first-order valence-corrected chi connectivity index (χ1v) is 4.26. The van der Waals surface area contributed by atoms with Gasteiger partial charge in [-0.1, -0.05) is 50.6 Å². The summed E-state index contributed by atoms with van der Waals surface area (Å²) in [5.74, 6) is 0. The Labute approximate surface area is 86.3 Å². The van der Waals surface area contributed by atoms with E-state index in [1.807, 2.05) is 30.3 Å². The highest BCUT2D eigenvalue weighted by Gasteiger charge is 1.84. The van der Waals surface area contributed by atoms with Gasteiger partial charge in [0.25, 0.3) is 0 Å². The van der Waals surface area contributed by atoms with E-state index in [2.05, 4.69) is 19.3 Å². The van der Waals surface area contributed by atoms with Crippen LogP contribution in [0.15, 0.2) is 30.3 Å². The largest absolute Gasteiger partial charge is 0.316 e. The molecule has 3 heteroatoms. The van der Waals surface area contributed by atoms with E-state index in [-0.39, 0.29) is 12.4 Å². The summed E-state index contributed by atoms with van der Waals surface area (Å²) in [5.41, 5.74) is 3.17. The molecule has 0 aromatic heterocycles. The zero-order valence-electron chi connectivity index (χ0n) is 8.16. The third kappa shape index (κ3) is 9.34. The molecule has 2 nitrogen and oxygen atoms in total. The van der Waals surface area contributed by atoms with Crippen molar-refractivity contribution in [1.29, 1.82) is 0 Å². The molecular formula is C10H18ClNO. The molecule has 1 aromatic carbocycles. The van der Waals surface area contributed by atoms with E-state index in [9.17, 15) is 0 Å². The molecule has 0 bridgehead atoms. The predicted octanol–water partition coefficient (Wildman–Crippen LogP) is 3.00. The van der Waals surface area contributed by atoms with E-state index in [1.165, 1.54) is 6.42 Å². The molecule has 0 aliphatic carbocycles. The van der Waals surface area contributed by atoms with Crippen LogP contribution < -0.4 is 5.48 Å². The van der Waals surface area contributed by atoms with Crippen LogP contribution in [0.25, 0.3) is 0 Å². The second-order valence-electron chi connectivity index (χ2n) is 2.53. The summed E-state index contributed by atoms with van der Waals surface area (Å²) >= 11 is 0. The quantitative estimate of drug-likeness (QED) is 0.725. The highest BCUT2D eigenvalue weighted by atomic mass is 35.5. The van der Waals surface area contributed by atoms with Crippen molar-refractivity contribution in [3.8, 4) is 0 Å². The first-order valence-electron chi connectivity index (χ1n) is 4.26. The van der Waals surface area contributed by atoms with E-state index in [0.29, 0.717) is 6.54 Å². The third-order valence-corrected chi connectivity index (χ3v) is 1.13. The normalized spacial score (nSPS) is 7.92. The summed E-state index contributed by atoms with van der Waals surface area (Å²) in [6.45, 7) is 4.76. The molecule has 13 heavy (non-hydrogen) atoms. The summed E-state index contributed by atoms with van der Waals surface area (Å²) < 4.78 is 0. The zero-order valence-corrected chi connectivity index (χ0v) is 8.97. The highest BCUT2D eigenvalue weighted by molar-refractivity contribution is 5.85. The monoisotopic (exact) mass is 203 g/mol. The first-order chi connectivity index (χ1) is 5.85. The molecule has 1 rings (SSSR count). The standard InChI is InChI=1S/C7H9NO.C3H8.ClH/c9-8-6-7-4-2-1-3-5-7;1-3-2;/h1-5,8-9H,6H2;3H2,1-2H3;1H. The fourth-order valence-electron chi connectivity index (χ4n) is 0.687. The number of rotatable bonds is 2.